The van der Waals surface area contributed by atoms with Crippen molar-refractivity contribution in [2.45, 2.75) is 50.9 Å². The Hall–Kier alpha value is -0.610. The van der Waals surface area contributed by atoms with Gasteiger partial charge in [0.05, 0.1) is 18.3 Å². The molecule has 2 N–H and O–H groups in total. The van der Waals surface area contributed by atoms with Gasteiger partial charge >= 0.3 is 0 Å². The summed E-state index contributed by atoms with van der Waals surface area (Å²) in [6, 6.07) is 8.21. The Labute approximate surface area is 126 Å². The Bertz CT molecular complexity index is 409. The molecule has 2 atom stereocenters. The quantitative estimate of drug-likeness (QED) is 0.878. The van der Waals surface area contributed by atoms with Crippen molar-refractivity contribution < 1.29 is 9.84 Å². The van der Waals surface area contributed by atoms with Gasteiger partial charge in [0.2, 0.25) is 0 Å². The maximum Gasteiger partial charge on any atom is 0.0986 e. The van der Waals surface area contributed by atoms with Crippen molar-refractivity contribution in [3.8, 4) is 0 Å². The zero-order chi connectivity index (χ0) is 14.6. The van der Waals surface area contributed by atoms with E-state index in [1.165, 1.54) is 5.56 Å². The third kappa shape index (κ3) is 3.73. The van der Waals surface area contributed by atoms with Crippen molar-refractivity contribution in [1.29, 1.82) is 0 Å². The molecule has 1 aromatic rings. The van der Waals surface area contributed by atoms with Crippen LogP contribution >= 0.6 is 11.6 Å². The van der Waals surface area contributed by atoms with E-state index in [1.54, 1.807) is 0 Å². The topological polar surface area (TPSA) is 41.5 Å². The molecule has 2 rings (SSSR count). The molecule has 1 aliphatic rings. The van der Waals surface area contributed by atoms with Crippen LogP contribution in [-0.2, 0) is 11.2 Å². The SMILES string of the molecule is CCC(O)(CC)C1CN[C@@H](Cc2ccc(Cl)cc2)CO1. The van der Waals surface area contributed by atoms with E-state index in [0.29, 0.717) is 19.2 Å². The highest BCUT2D eigenvalue weighted by molar-refractivity contribution is 6.30. The molecule has 0 aromatic heterocycles. The average molecular weight is 298 g/mol. The van der Waals surface area contributed by atoms with E-state index in [0.717, 1.165) is 24.3 Å². The predicted molar refractivity (Wildman–Crippen MR) is 82.2 cm³/mol. The molecule has 112 valence electrons. The third-order valence-electron chi connectivity index (χ3n) is 4.31. The van der Waals surface area contributed by atoms with Crippen LogP contribution in [0.1, 0.15) is 32.3 Å². The second-order valence-corrected chi connectivity index (χ2v) is 6.00. The molecule has 0 spiro atoms. The van der Waals surface area contributed by atoms with Crippen molar-refractivity contribution >= 4 is 11.6 Å². The van der Waals surface area contributed by atoms with Gasteiger partial charge in [-0.25, -0.2) is 0 Å². The van der Waals surface area contributed by atoms with Gasteiger partial charge in [0.1, 0.15) is 0 Å². The predicted octanol–water partition coefficient (Wildman–Crippen LogP) is 2.79. The lowest BCUT2D eigenvalue weighted by Gasteiger charge is -2.40. The fourth-order valence-corrected chi connectivity index (χ4v) is 2.84. The number of nitrogens with one attached hydrogen (secondary N) is 1. The number of aliphatic hydroxyl groups is 1. The maximum atomic E-state index is 10.5. The highest BCUT2D eigenvalue weighted by atomic mass is 35.5. The van der Waals surface area contributed by atoms with E-state index in [9.17, 15) is 5.11 Å². The van der Waals surface area contributed by atoms with Crippen LogP contribution in [0.4, 0.5) is 0 Å². The Kier molecular flexibility index (Phi) is 5.44. The van der Waals surface area contributed by atoms with E-state index in [1.807, 2.05) is 38.1 Å². The number of ether oxygens (including phenoxy) is 1. The lowest BCUT2D eigenvalue weighted by atomic mass is 9.89. The number of benzene rings is 1. The molecule has 1 saturated heterocycles. The number of hydrogen-bond acceptors (Lipinski definition) is 3. The summed E-state index contributed by atoms with van der Waals surface area (Å²) in [6.45, 7) is 5.35. The first-order valence-electron chi connectivity index (χ1n) is 7.39. The molecule has 3 nitrogen and oxygen atoms in total. The molecule has 1 unspecified atom stereocenters. The Morgan fingerprint density at radius 1 is 1.30 bits per heavy atom. The summed E-state index contributed by atoms with van der Waals surface area (Å²) >= 11 is 5.89. The monoisotopic (exact) mass is 297 g/mol. The van der Waals surface area contributed by atoms with Crippen LogP contribution in [0.5, 0.6) is 0 Å². The summed E-state index contributed by atoms with van der Waals surface area (Å²) in [5.74, 6) is 0. The van der Waals surface area contributed by atoms with Crippen LogP contribution in [0.3, 0.4) is 0 Å². The van der Waals surface area contributed by atoms with Gasteiger partial charge in [-0.15, -0.1) is 0 Å². The Morgan fingerprint density at radius 3 is 2.45 bits per heavy atom. The average Bonchev–Trinajstić information content (AvgIpc) is 2.49. The molecule has 1 fully saturated rings. The first-order chi connectivity index (χ1) is 9.57. The number of rotatable bonds is 5. The van der Waals surface area contributed by atoms with E-state index < -0.39 is 5.60 Å². The van der Waals surface area contributed by atoms with E-state index in [4.69, 9.17) is 16.3 Å². The van der Waals surface area contributed by atoms with Crippen LogP contribution in [0.15, 0.2) is 24.3 Å². The zero-order valence-electron chi connectivity index (χ0n) is 12.2. The fourth-order valence-electron chi connectivity index (χ4n) is 2.71. The minimum Gasteiger partial charge on any atom is -0.387 e. The molecule has 1 aliphatic heterocycles. The molecular weight excluding hydrogens is 274 g/mol. The Morgan fingerprint density at radius 2 is 1.95 bits per heavy atom. The van der Waals surface area contributed by atoms with Crippen LogP contribution in [0, 0.1) is 0 Å². The van der Waals surface area contributed by atoms with Crippen molar-refractivity contribution in [1.82, 2.24) is 5.32 Å². The number of hydrogen-bond donors (Lipinski definition) is 2. The molecule has 0 amide bonds. The lowest BCUT2D eigenvalue weighted by Crippen LogP contribution is -2.56. The van der Waals surface area contributed by atoms with Crippen LogP contribution in [0.2, 0.25) is 5.02 Å². The highest BCUT2D eigenvalue weighted by Gasteiger charge is 2.37. The van der Waals surface area contributed by atoms with E-state index >= 15 is 0 Å². The van der Waals surface area contributed by atoms with Gasteiger partial charge in [0, 0.05) is 17.6 Å². The summed E-state index contributed by atoms with van der Waals surface area (Å²) in [7, 11) is 0. The molecular formula is C16H24ClNO2. The number of morpholine rings is 1. The van der Waals surface area contributed by atoms with Gasteiger partial charge in [-0.3, -0.25) is 0 Å². The summed E-state index contributed by atoms with van der Waals surface area (Å²) < 4.78 is 5.89. The standard InChI is InChI=1S/C16H24ClNO2/c1-3-16(19,4-2)15-10-18-14(11-20-15)9-12-5-7-13(17)8-6-12/h5-8,14-15,18-19H,3-4,9-11H2,1-2H3/t14-,15?/m0/s1. The van der Waals surface area contributed by atoms with Crippen LogP contribution in [-0.4, -0.2) is 36.0 Å². The second kappa shape index (κ2) is 6.90. The molecule has 0 saturated carbocycles. The molecule has 1 heterocycles. The van der Waals surface area contributed by atoms with Gasteiger partial charge in [-0.2, -0.15) is 0 Å². The summed E-state index contributed by atoms with van der Waals surface area (Å²) in [6.07, 6.45) is 2.25. The van der Waals surface area contributed by atoms with Gasteiger partial charge in [-0.1, -0.05) is 37.6 Å². The molecule has 20 heavy (non-hydrogen) atoms. The van der Waals surface area contributed by atoms with Gasteiger partial charge in [0.25, 0.3) is 0 Å². The second-order valence-electron chi connectivity index (χ2n) is 5.57. The summed E-state index contributed by atoms with van der Waals surface area (Å²) in [5.41, 5.74) is 0.535. The van der Waals surface area contributed by atoms with Crippen molar-refractivity contribution in [3.05, 3.63) is 34.9 Å². The van der Waals surface area contributed by atoms with Gasteiger partial charge < -0.3 is 15.2 Å². The third-order valence-corrected chi connectivity index (χ3v) is 4.56. The molecule has 4 heteroatoms. The van der Waals surface area contributed by atoms with Crippen molar-refractivity contribution in [2.75, 3.05) is 13.2 Å². The van der Waals surface area contributed by atoms with Crippen molar-refractivity contribution in [2.24, 2.45) is 0 Å². The Balaban J connectivity index is 1.87. The summed E-state index contributed by atoms with van der Waals surface area (Å²) in [4.78, 5) is 0. The zero-order valence-corrected chi connectivity index (χ0v) is 13.0. The van der Waals surface area contributed by atoms with Crippen LogP contribution < -0.4 is 5.32 Å². The maximum absolute atomic E-state index is 10.5. The van der Waals surface area contributed by atoms with E-state index in [2.05, 4.69) is 5.32 Å². The van der Waals surface area contributed by atoms with Crippen molar-refractivity contribution in [3.63, 3.8) is 0 Å². The molecule has 1 aromatic carbocycles. The van der Waals surface area contributed by atoms with Gasteiger partial charge in [-0.05, 0) is 37.0 Å². The first-order valence-corrected chi connectivity index (χ1v) is 7.77. The molecule has 0 radical (unpaired) electrons. The van der Waals surface area contributed by atoms with E-state index in [-0.39, 0.29) is 6.10 Å². The minimum absolute atomic E-state index is 0.112. The fraction of sp³-hybridized carbons (Fsp3) is 0.625. The molecule has 0 bridgehead atoms. The summed E-state index contributed by atoms with van der Waals surface area (Å²) in [5, 5.41) is 14.7. The minimum atomic E-state index is -0.710. The normalized spacial score (nSPS) is 23.8. The van der Waals surface area contributed by atoms with Gasteiger partial charge in [0.15, 0.2) is 0 Å². The largest absolute Gasteiger partial charge is 0.387 e. The molecule has 0 aliphatic carbocycles. The smallest absolute Gasteiger partial charge is 0.0986 e. The number of halogens is 1. The highest BCUT2D eigenvalue weighted by Crippen LogP contribution is 2.24. The van der Waals surface area contributed by atoms with Crippen LogP contribution in [0.25, 0.3) is 0 Å². The lowest BCUT2D eigenvalue weighted by molar-refractivity contribution is -0.131. The first kappa shape index (κ1) is 15.8.